The van der Waals surface area contributed by atoms with Crippen LogP contribution >= 0.6 is 0 Å². The third-order valence-electron chi connectivity index (χ3n) is 2.27. The maximum Gasteiger partial charge on any atom is 0.267 e. The molecule has 2 heterocycles. The molecule has 0 saturated heterocycles. The first-order valence-corrected chi connectivity index (χ1v) is 4.93. The lowest BCUT2D eigenvalue weighted by molar-refractivity contribution is -0.114. The van der Waals surface area contributed by atoms with Crippen LogP contribution in [0.25, 0.3) is 0 Å². The molecule has 1 aromatic rings. The zero-order chi connectivity index (χ0) is 11.4. The molecule has 0 aromatic carbocycles. The van der Waals surface area contributed by atoms with E-state index in [0.29, 0.717) is 12.2 Å². The Kier molecular flexibility index (Phi) is 2.95. The first-order valence-electron chi connectivity index (χ1n) is 4.93. The second-order valence-corrected chi connectivity index (χ2v) is 3.48. The maximum absolute atomic E-state index is 10.8. The zero-order valence-corrected chi connectivity index (χ0v) is 8.71. The van der Waals surface area contributed by atoms with Crippen molar-refractivity contribution < 1.29 is 4.79 Å². The number of hydrogen-bond acceptors (Lipinski definition) is 4. The van der Waals surface area contributed by atoms with Gasteiger partial charge in [-0.15, -0.1) is 0 Å². The number of aromatic nitrogens is 1. The summed E-state index contributed by atoms with van der Waals surface area (Å²) < 4.78 is 0. The van der Waals surface area contributed by atoms with E-state index in [2.05, 4.69) is 9.98 Å². The number of nitrogens with two attached hydrogens (primary N) is 1. The lowest BCUT2D eigenvalue weighted by atomic mass is 10.2. The highest BCUT2D eigenvalue weighted by molar-refractivity contribution is 5.93. The number of nitrogens with zero attached hydrogens (tertiary/aromatic N) is 3. The lowest BCUT2D eigenvalue weighted by Gasteiger charge is -2.20. The SMILES string of the molecule is NC(=O)C1=CCN(Cc2ccncc2)C=N1. The molecule has 0 spiro atoms. The smallest absolute Gasteiger partial charge is 0.267 e. The van der Waals surface area contributed by atoms with Gasteiger partial charge in [-0.25, -0.2) is 4.99 Å². The van der Waals surface area contributed by atoms with Crippen LogP contribution in [0.4, 0.5) is 0 Å². The number of amides is 1. The second kappa shape index (κ2) is 4.57. The molecular weight excluding hydrogens is 204 g/mol. The summed E-state index contributed by atoms with van der Waals surface area (Å²) in [5.74, 6) is -0.486. The second-order valence-electron chi connectivity index (χ2n) is 3.48. The number of aliphatic imine (C=N–C) groups is 1. The normalized spacial score (nSPS) is 14.8. The number of carbonyl (C=O) groups excluding carboxylic acids is 1. The molecule has 82 valence electrons. The van der Waals surface area contributed by atoms with Gasteiger partial charge in [0.25, 0.3) is 5.91 Å². The van der Waals surface area contributed by atoms with E-state index >= 15 is 0 Å². The third kappa shape index (κ3) is 2.44. The van der Waals surface area contributed by atoms with Crippen molar-refractivity contribution in [3.05, 3.63) is 41.9 Å². The molecule has 0 radical (unpaired) electrons. The highest BCUT2D eigenvalue weighted by Crippen LogP contribution is 2.07. The minimum atomic E-state index is -0.486. The van der Waals surface area contributed by atoms with Gasteiger partial charge in [-0.2, -0.15) is 0 Å². The maximum atomic E-state index is 10.8. The number of primary amides is 1. The van der Waals surface area contributed by atoms with Gasteiger partial charge in [-0.3, -0.25) is 9.78 Å². The van der Waals surface area contributed by atoms with E-state index in [0.717, 1.165) is 12.1 Å². The highest BCUT2D eigenvalue weighted by atomic mass is 16.1. The standard InChI is InChI=1S/C11H12N4O/c12-11(16)10-3-6-15(8-14-10)7-9-1-4-13-5-2-9/h1-5,8H,6-7H2,(H2,12,16). The summed E-state index contributed by atoms with van der Waals surface area (Å²) in [7, 11) is 0. The predicted octanol–water partition coefficient (Wildman–Crippen LogP) is 0.295. The van der Waals surface area contributed by atoms with Crippen LogP contribution in [0.3, 0.4) is 0 Å². The van der Waals surface area contributed by atoms with Crippen molar-refractivity contribution in [2.24, 2.45) is 10.7 Å². The molecule has 5 nitrogen and oxygen atoms in total. The molecule has 0 aliphatic carbocycles. The van der Waals surface area contributed by atoms with E-state index in [1.54, 1.807) is 24.8 Å². The molecule has 0 saturated carbocycles. The molecule has 1 aromatic heterocycles. The van der Waals surface area contributed by atoms with Crippen molar-refractivity contribution in [2.75, 3.05) is 6.54 Å². The molecular formula is C11H12N4O. The first-order chi connectivity index (χ1) is 7.75. The molecule has 2 rings (SSSR count). The number of hydrogen-bond donors (Lipinski definition) is 1. The van der Waals surface area contributed by atoms with Crippen LogP contribution in [0.2, 0.25) is 0 Å². The fourth-order valence-corrected chi connectivity index (χ4v) is 1.44. The van der Waals surface area contributed by atoms with Gasteiger partial charge >= 0.3 is 0 Å². The van der Waals surface area contributed by atoms with Gasteiger partial charge in [0.1, 0.15) is 5.70 Å². The van der Waals surface area contributed by atoms with E-state index in [4.69, 9.17) is 5.73 Å². The van der Waals surface area contributed by atoms with Gasteiger partial charge in [0.2, 0.25) is 0 Å². The molecule has 0 fully saturated rings. The molecule has 0 bridgehead atoms. The van der Waals surface area contributed by atoms with Crippen LogP contribution in [0.15, 0.2) is 41.3 Å². The number of rotatable bonds is 3. The average molecular weight is 216 g/mol. The summed E-state index contributed by atoms with van der Waals surface area (Å²) in [6.45, 7) is 1.39. The van der Waals surface area contributed by atoms with Gasteiger partial charge in [0.05, 0.1) is 6.34 Å². The quantitative estimate of drug-likeness (QED) is 0.789. The van der Waals surface area contributed by atoms with Crippen molar-refractivity contribution in [3.63, 3.8) is 0 Å². The van der Waals surface area contributed by atoms with Crippen molar-refractivity contribution in [2.45, 2.75) is 6.54 Å². The van der Waals surface area contributed by atoms with Gasteiger partial charge in [0.15, 0.2) is 0 Å². The molecule has 5 heteroatoms. The molecule has 1 aliphatic heterocycles. The minimum Gasteiger partial charge on any atom is -0.364 e. The highest BCUT2D eigenvalue weighted by Gasteiger charge is 2.09. The summed E-state index contributed by atoms with van der Waals surface area (Å²) in [6, 6.07) is 3.89. The summed E-state index contributed by atoms with van der Waals surface area (Å²) in [4.78, 5) is 20.7. The van der Waals surface area contributed by atoms with Crippen LogP contribution in [-0.4, -0.2) is 28.7 Å². The Balaban J connectivity index is 1.97. The van der Waals surface area contributed by atoms with Crippen molar-refractivity contribution in [3.8, 4) is 0 Å². The first kappa shape index (κ1) is 10.4. The minimum absolute atomic E-state index is 0.325. The Morgan fingerprint density at radius 1 is 1.44 bits per heavy atom. The van der Waals surface area contributed by atoms with Crippen LogP contribution in [-0.2, 0) is 11.3 Å². The van der Waals surface area contributed by atoms with E-state index in [1.165, 1.54) is 0 Å². The van der Waals surface area contributed by atoms with E-state index in [1.807, 2.05) is 17.0 Å². The van der Waals surface area contributed by atoms with Crippen molar-refractivity contribution in [1.29, 1.82) is 0 Å². The Hall–Kier alpha value is -2.17. The number of pyridine rings is 1. The molecule has 0 atom stereocenters. The van der Waals surface area contributed by atoms with E-state index in [9.17, 15) is 4.79 Å². The summed E-state index contributed by atoms with van der Waals surface area (Å²) in [5.41, 5.74) is 6.59. The van der Waals surface area contributed by atoms with E-state index < -0.39 is 5.91 Å². The molecule has 1 aliphatic rings. The number of carbonyl (C=O) groups is 1. The van der Waals surface area contributed by atoms with Gasteiger partial charge in [0, 0.05) is 25.5 Å². The predicted molar refractivity (Wildman–Crippen MR) is 60.4 cm³/mol. The van der Waals surface area contributed by atoms with Crippen LogP contribution in [0, 0.1) is 0 Å². The Labute approximate surface area is 93.3 Å². The van der Waals surface area contributed by atoms with Crippen LogP contribution < -0.4 is 5.73 Å². The molecule has 16 heavy (non-hydrogen) atoms. The summed E-state index contributed by atoms with van der Waals surface area (Å²) in [6.07, 6.45) is 6.87. The topological polar surface area (TPSA) is 71.6 Å². The molecule has 1 amide bonds. The van der Waals surface area contributed by atoms with Gasteiger partial charge in [-0.05, 0) is 23.8 Å². The van der Waals surface area contributed by atoms with E-state index in [-0.39, 0.29) is 0 Å². The summed E-state index contributed by atoms with van der Waals surface area (Å²) >= 11 is 0. The molecule has 2 N–H and O–H groups in total. The zero-order valence-electron chi connectivity index (χ0n) is 8.71. The van der Waals surface area contributed by atoms with Crippen LogP contribution in [0.5, 0.6) is 0 Å². The fourth-order valence-electron chi connectivity index (χ4n) is 1.44. The van der Waals surface area contributed by atoms with Crippen molar-refractivity contribution >= 4 is 12.2 Å². The van der Waals surface area contributed by atoms with Crippen molar-refractivity contribution in [1.82, 2.24) is 9.88 Å². The largest absolute Gasteiger partial charge is 0.364 e. The Morgan fingerprint density at radius 3 is 2.75 bits per heavy atom. The third-order valence-corrected chi connectivity index (χ3v) is 2.27. The van der Waals surface area contributed by atoms with Gasteiger partial charge in [-0.1, -0.05) is 0 Å². The Morgan fingerprint density at radius 2 is 2.19 bits per heavy atom. The van der Waals surface area contributed by atoms with Gasteiger partial charge < -0.3 is 10.6 Å². The molecule has 0 unspecified atom stereocenters. The fraction of sp³-hybridized carbons (Fsp3) is 0.182. The Bertz CT molecular complexity index is 439. The van der Waals surface area contributed by atoms with Crippen LogP contribution in [0.1, 0.15) is 5.56 Å². The monoisotopic (exact) mass is 216 g/mol. The average Bonchev–Trinajstić information content (AvgIpc) is 2.31. The lowest BCUT2D eigenvalue weighted by Crippen LogP contribution is -2.27. The summed E-state index contributed by atoms with van der Waals surface area (Å²) in [5, 5.41) is 0.